The second kappa shape index (κ2) is 8.74. The number of nitrogens with two attached hydrogens (primary N) is 1. The minimum atomic E-state index is -1.08. The van der Waals surface area contributed by atoms with Gasteiger partial charge in [0.25, 0.3) is 0 Å². The number of ether oxygens (including phenoxy) is 1. The number of aryl methyl sites for hydroxylation is 2. The summed E-state index contributed by atoms with van der Waals surface area (Å²) >= 11 is 0. The van der Waals surface area contributed by atoms with Gasteiger partial charge in [-0.2, -0.15) is 0 Å². The molecule has 0 radical (unpaired) electrons. The fourth-order valence-corrected chi connectivity index (χ4v) is 3.84. The number of fused-ring (bicyclic) bond motifs is 1. The lowest BCUT2D eigenvalue weighted by molar-refractivity contribution is 0.0690. The van der Waals surface area contributed by atoms with Crippen LogP contribution < -0.4 is 15.8 Å². The highest BCUT2D eigenvalue weighted by atomic mass is 16.5. The van der Waals surface area contributed by atoms with Crippen molar-refractivity contribution in [3.63, 3.8) is 0 Å². The van der Waals surface area contributed by atoms with Crippen LogP contribution in [0.2, 0.25) is 0 Å². The lowest BCUT2D eigenvalue weighted by Gasteiger charge is -2.19. The molecule has 0 saturated carbocycles. The molecule has 168 valence electrons. The third kappa shape index (κ3) is 4.55. The average Bonchev–Trinajstić information content (AvgIpc) is 2.77. The standard InChI is InChI=1S/C25H25N5O3/c1-13-7-17(9-18(26)8-13)14(2)28-24-20-10-19(16-5-6-21(25(31)32)27-12-16)23(33-4)11-22(20)29-15(3)30-24/h5-12,14H,26H2,1-4H3,(H,31,32)(H,28,29,30)/t14-/m1/s1. The van der Waals surface area contributed by atoms with Crippen LogP contribution in [-0.2, 0) is 0 Å². The molecule has 0 spiro atoms. The van der Waals surface area contributed by atoms with Crippen molar-refractivity contribution in [1.29, 1.82) is 0 Å². The molecule has 33 heavy (non-hydrogen) atoms. The van der Waals surface area contributed by atoms with E-state index in [0.29, 0.717) is 23.1 Å². The van der Waals surface area contributed by atoms with Crippen LogP contribution in [0.1, 0.15) is 40.4 Å². The minimum absolute atomic E-state index is 0.0222. The second-order valence-corrected chi connectivity index (χ2v) is 7.97. The van der Waals surface area contributed by atoms with Crippen molar-refractivity contribution in [3.05, 3.63) is 71.3 Å². The predicted molar refractivity (Wildman–Crippen MR) is 129 cm³/mol. The lowest BCUT2D eigenvalue weighted by atomic mass is 10.0. The Morgan fingerprint density at radius 2 is 1.91 bits per heavy atom. The summed E-state index contributed by atoms with van der Waals surface area (Å²) in [5.74, 6) is 0.844. The molecular weight excluding hydrogens is 418 g/mol. The molecule has 0 unspecified atom stereocenters. The Labute approximate surface area is 191 Å². The summed E-state index contributed by atoms with van der Waals surface area (Å²) in [5.41, 5.74) is 11.1. The molecule has 2 heterocycles. The first-order valence-electron chi connectivity index (χ1n) is 10.4. The van der Waals surface area contributed by atoms with Crippen LogP contribution in [0.15, 0.2) is 48.7 Å². The number of methoxy groups -OCH3 is 1. The van der Waals surface area contributed by atoms with E-state index in [1.807, 2.05) is 38.1 Å². The largest absolute Gasteiger partial charge is 0.496 e. The van der Waals surface area contributed by atoms with Gasteiger partial charge in [0.1, 0.15) is 23.1 Å². The van der Waals surface area contributed by atoms with Gasteiger partial charge in [0, 0.05) is 34.5 Å². The van der Waals surface area contributed by atoms with E-state index in [2.05, 4.69) is 33.3 Å². The van der Waals surface area contributed by atoms with Crippen LogP contribution in [0.5, 0.6) is 5.75 Å². The summed E-state index contributed by atoms with van der Waals surface area (Å²) < 4.78 is 5.60. The van der Waals surface area contributed by atoms with Gasteiger partial charge in [-0.3, -0.25) is 0 Å². The molecule has 4 aromatic rings. The maximum absolute atomic E-state index is 11.2. The van der Waals surface area contributed by atoms with E-state index in [0.717, 1.165) is 33.2 Å². The number of nitrogen functional groups attached to an aromatic ring is 1. The molecule has 0 amide bonds. The summed E-state index contributed by atoms with van der Waals surface area (Å²) in [6.07, 6.45) is 1.52. The highest BCUT2D eigenvalue weighted by molar-refractivity contribution is 5.95. The van der Waals surface area contributed by atoms with Crippen molar-refractivity contribution in [3.8, 4) is 16.9 Å². The van der Waals surface area contributed by atoms with Gasteiger partial charge in [0.15, 0.2) is 0 Å². The number of carboxylic acid groups (broad SMARTS) is 1. The van der Waals surface area contributed by atoms with Gasteiger partial charge in [-0.1, -0.05) is 12.1 Å². The molecule has 4 N–H and O–H groups in total. The Morgan fingerprint density at radius 1 is 1.12 bits per heavy atom. The first-order chi connectivity index (χ1) is 15.7. The Balaban J connectivity index is 1.81. The lowest BCUT2D eigenvalue weighted by Crippen LogP contribution is -2.10. The normalized spacial score (nSPS) is 11.9. The maximum Gasteiger partial charge on any atom is 0.354 e. The summed E-state index contributed by atoms with van der Waals surface area (Å²) in [7, 11) is 1.58. The molecule has 2 aromatic carbocycles. The van der Waals surface area contributed by atoms with Crippen molar-refractivity contribution < 1.29 is 14.6 Å². The highest BCUT2D eigenvalue weighted by Crippen LogP contribution is 2.36. The minimum Gasteiger partial charge on any atom is -0.496 e. The van der Waals surface area contributed by atoms with Crippen molar-refractivity contribution in [1.82, 2.24) is 15.0 Å². The number of hydrogen-bond acceptors (Lipinski definition) is 7. The smallest absolute Gasteiger partial charge is 0.354 e. The number of pyridine rings is 1. The zero-order valence-corrected chi connectivity index (χ0v) is 18.9. The average molecular weight is 444 g/mol. The summed E-state index contributed by atoms with van der Waals surface area (Å²) in [5, 5.41) is 13.5. The number of nitrogens with one attached hydrogen (secondary N) is 1. The molecule has 8 heteroatoms. The maximum atomic E-state index is 11.2. The molecular formula is C25H25N5O3. The number of benzene rings is 2. The van der Waals surface area contributed by atoms with Gasteiger partial charge in [-0.25, -0.2) is 19.7 Å². The molecule has 1 atom stereocenters. The van der Waals surface area contributed by atoms with Gasteiger partial charge < -0.3 is 20.9 Å². The van der Waals surface area contributed by atoms with E-state index in [-0.39, 0.29) is 11.7 Å². The molecule has 8 nitrogen and oxygen atoms in total. The Morgan fingerprint density at radius 3 is 2.55 bits per heavy atom. The Hall–Kier alpha value is -4.20. The molecule has 0 bridgehead atoms. The van der Waals surface area contributed by atoms with Gasteiger partial charge in [0.2, 0.25) is 0 Å². The van der Waals surface area contributed by atoms with Crippen LogP contribution in [-0.4, -0.2) is 33.1 Å². The third-order valence-corrected chi connectivity index (χ3v) is 5.40. The van der Waals surface area contributed by atoms with Crippen LogP contribution in [0, 0.1) is 13.8 Å². The van der Waals surface area contributed by atoms with E-state index in [4.69, 9.17) is 15.6 Å². The van der Waals surface area contributed by atoms with Gasteiger partial charge in [-0.15, -0.1) is 0 Å². The van der Waals surface area contributed by atoms with E-state index in [1.165, 1.54) is 12.3 Å². The molecule has 0 saturated heterocycles. The molecule has 0 aliphatic heterocycles. The second-order valence-electron chi connectivity index (χ2n) is 7.97. The van der Waals surface area contributed by atoms with Crippen molar-refractivity contribution in [2.45, 2.75) is 26.8 Å². The van der Waals surface area contributed by atoms with Crippen molar-refractivity contribution >= 4 is 28.4 Å². The van der Waals surface area contributed by atoms with Crippen LogP contribution in [0.25, 0.3) is 22.0 Å². The van der Waals surface area contributed by atoms with Crippen molar-refractivity contribution in [2.24, 2.45) is 0 Å². The molecule has 0 fully saturated rings. The topological polar surface area (TPSA) is 123 Å². The highest BCUT2D eigenvalue weighted by Gasteiger charge is 2.16. The number of anilines is 2. The number of aromatic nitrogens is 3. The zero-order valence-electron chi connectivity index (χ0n) is 18.9. The summed E-state index contributed by atoms with van der Waals surface area (Å²) in [6, 6.07) is 12.9. The summed E-state index contributed by atoms with van der Waals surface area (Å²) in [4.78, 5) is 24.4. The van der Waals surface area contributed by atoms with Crippen LogP contribution >= 0.6 is 0 Å². The number of nitrogens with zero attached hydrogens (tertiary/aromatic N) is 3. The van der Waals surface area contributed by atoms with Crippen LogP contribution in [0.4, 0.5) is 11.5 Å². The van der Waals surface area contributed by atoms with Crippen LogP contribution in [0.3, 0.4) is 0 Å². The SMILES string of the molecule is COc1cc2nc(C)nc(N[C@H](C)c3cc(C)cc(N)c3)c2cc1-c1ccc(C(=O)O)nc1. The van der Waals surface area contributed by atoms with E-state index < -0.39 is 5.97 Å². The third-order valence-electron chi connectivity index (χ3n) is 5.40. The van der Waals surface area contributed by atoms with Gasteiger partial charge in [-0.05, 0) is 56.2 Å². The fourth-order valence-electron chi connectivity index (χ4n) is 3.84. The number of carboxylic acids is 1. The van der Waals surface area contributed by atoms with Crippen molar-refractivity contribution in [2.75, 3.05) is 18.2 Å². The summed E-state index contributed by atoms with van der Waals surface area (Å²) in [6.45, 7) is 5.91. The monoisotopic (exact) mass is 443 g/mol. The first kappa shape index (κ1) is 22.0. The Kier molecular flexibility index (Phi) is 5.83. The first-order valence-corrected chi connectivity index (χ1v) is 10.4. The fraction of sp³-hybridized carbons (Fsp3) is 0.200. The quantitative estimate of drug-likeness (QED) is 0.364. The number of hydrogen-bond donors (Lipinski definition) is 3. The van der Waals surface area contributed by atoms with E-state index in [9.17, 15) is 4.79 Å². The predicted octanol–water partition coefficient (Wildman–Crippen LogP) is 4.77. The molecule has 2 aromatic heterocycles. The molecule has 0 aliphatic rings. The van der Waals surface area contributed by atoms with Gasteiger partial charge >= 0.3 is 5.97 Å². The number of rotatable bonds is 6. The van der Waals surface area contributed by atoms with E-state index >= 15 is 0 Å². The molecule has 4 rings (SSSR count). The molecule has 0 aliphatic carbocycles. The Bertz CT molecular complexity index is 1330. The van der Waals surface area contributed by atoms with Gasteiger partial charge in [0.05, 0.1) is 18.7 Å². The number of carbonyl (C=O) groups is 1. The van der Waals surface area contributed by atoms with E-state index in [1.54, 1.807) is 13.2 Å². The number of aromatic carboxylic acids is 1. The zero-order chi connectivity index (χ0) is 23.7.